The number of benzene rings is 2. The summed E-state index contributed by atoms with van der Waals surface area (Å²) >= 11 is 0. The fraction of sp³-hybridized carbons (Fsp3) is 0.136. The van der Waals surface area contributed by atoms with Crippen molar-refractivity contribution >= 4 is 33.0 Å². The molecule has 0 unspecified atom stereocenters. The number of nitrogens with one attached hydrogen (secondary N) is 3. The zero-order chi connectivity index (χ0) is 22.6. The van der Waals surface area contributed by atoms with Crippen LogP contribution in [-0.4, -0.2) is 34.7 Å². The molecule has 2 aromatic carbocycles. The summed E-state index contributed by atoms with van der Waals surface area (Å²) in [7, 11) is -3.72. The second kappa shape index (κ2) is 9.06. The third-order valence-electron chi connectivity index (χ3n) is 4.52. The summed E-state index contributed by atoms with van der Waals surface area (Å²) in [5.41, 5.74) is 2.01. The molecule has 164 valence electrons. The van der Waals surface area contributed by atoms with E-state index in [9.17, 15) is 8.42 Å². The molecule has 4 rings (SSSR count). The first-order valence-corrected chi connectivity index (χ1v) is 11.5. The predicted molar refractivity (Wildman–Crippen MR) is 125 cm³/mol. The fourth-order valence-corrected chi connectivity index (χ4v) is 4.15. The highest BCUT2D eigenvalue weighted by Gasteiger charge is 2.14. The number of sulfonamides is 1. The maximum Gasteiger partial charge on any atom is 0.261 e. The number of rotatable bonds is 8. The lowest BCUT2D eigenvalue weighted by molar-refractivity contribution is 0.601. The first-order valence-electron chi connectivity index (χ1n) is 10.0. The van der Waals surface area contributed by atoms with E-state index in [1.54, 1.807) is 71.7 Å². The average molecular weight is 450 g/mol. The molecule has 0 saturated carbocycles. The number of anilines is 4. The van der Waals surface area contributed by atoms with Crippen molar-refractivity contribution in [3.63, 3.8) is 0 Å². The normalized spacial score (nSPS) is 11.2. The van der Waals surface area contributed by atoms with Crippen molar-refractivity contribution in [2.75, 3.05) is 21.9 Å². The summed E-state index contributed by atoms with van der Waals surface area (Å²) in [6.07, 6.45) is 3.46. The van der Waals surface area contributed by atoms with Gasteiger partial charge in [-0.3, -0.25) is 4.72 Å². The number of hydrogen-bond donors (Lipinski definition) is 3. The van der Waals surface area contributed by atoms with Gasteiger partial charge in [-0.2, -0.15) is 5.10 Å². The minimum absolute atomic E-state index is 0.169. The standard InChI is InChI=1S/C22H23N7O2S/c1-3-23-21-15-22(26-16(2)25-21)27-17-5-7-18(8-6-17)28-32(30,31)20-11-9-19(10-12-20)29-14-4-13-24-29/h4-15,28H,3H2,1-2H3,(H2,23,25,26,27). The molecule has 2 aromatic heterocycles. The van der Waals surface area contributed by atoms with Gasteiger partial charge in [-0.25, -0.2) is 23.1 Å². The van der Waals surface area contributed by atoms with Gasteiger partial charge in [0, 0.05) is 36.4 Å². The highest BCUT2D eigenvalue weighted by Crippen LogP contribution is 2.22. The predicted octanol–water partition coefficient (Wildman–Crippen LogP) is 3.95. The first kappa shape index (κ1) is 21.3. The number of aryl methyl sites for hydroxylation is 1. The van der Waals surface area contributed by atoms with Crippen LogP contribution in [0.25, 0.3) is 5.69 Å². The summed E-state index contributed by atoms with van der Waals surface area (Å²) in [5, 5.41) is 10.5. The van der Waals surface area contributed by atoms with E-state index in [0.717, 1.165) is 23.7 Å². The van der Waals surface area contributed by atoms with Crippen LogP contribution in [0.4, 0.5) is 23.0 Å². The van der Waals surface area contributed by atoms with Crippen LogP contribution < -0.4 is 15.4 Å². The molecule has 10 heteroatoms. The molecule has 0 aliphatic rings. The van der Waals surface area contributed by atoms with Crippen molar-refractivity contribution in [3.8, 4) is 5.69 Å². The molecule has 0 bridgehead atoms. The summed E-state index contributed by atoms with van der Waals surface area (Å²) in [6, 6.07) is 17.1. The molecule has 0 atom stereocenters. The van der Waals surface area contributed by atoms with E-state index >= 15 is 0 Å². The van der Waals surface area contributed by atoms with Crippen molar-refractivity contribution in [1.29, 1.82) is 0 Å². The lowest BCUT2D eigenvalue weighted by atomic mass is 10.3. The Morgan fingerprint density at radius 2 is 1.62 bits per heavy atom. The number of hydrogen-bond acceptors (Lipinski definition) is 7. The van der Waals surface area contributed by atoms with Crippen LogP contribution in [0, 0.1) is 6.92 Å². The van der Waals surface area contributed by atoms with Gasteiger partial charge in [0.1, 0.15) is 17.5 Å². The third kappa shape index (κ3) is 5.03. The summed E-state index contributed by atoms with van der Waals surface area (Å²) in [4.78, 5) is 8.87. The molecule has 0 spiro atoms. The van der Waals surface area contributed by atoms with E-state index in [-0.39, 0.29) is 4.90 Å². The quantitative estimate of drug-likeness (QED) is 0.373. The fourth-order valence-electron chi connectivity index (χ4n) is 3.09. The largest absolute Gasteiger partial charge is 0.370 e. The van der Waals surface area contributed by atoms with Crippen LogP contribution in [0.15, 0.2) is 78.0 Å². The van der Waals surface area contributed by atoms with Crippen LogP contribution in [0.1, 0.15) is 12.7 Å². The molecule has 0 radical (unpaired) electrons. The smallest absolute Gasteiger partial charge is 0.261 e. The molecule has 0 fully saturated rings. The topological polar surface area (TPSA) is 114 Å². The van der Waals surface area contributed by atoms with Gasteiger partial charge in [0.2, 0.25) is 0 Å². The number of nitrogens with zero attached hydrogens (tertiary/aromatic N) is 4. The van der Waals surface area contributed by atoms with Crippen molar-refractivity contribution in [3.05, 3.63) is 78.9 Å². The van der Waals surface area contributed by atoms with Crippen LogP contribution >= 0.6 is 0 Å². The van der Waals surface area contributed by atoms with Gasteiger partial charge in [-0.1, -0.05) is 0 Å². The summed E-state index contributed by atoms with van der Waals surface area (Å²) in [5.74, 6) is 2.04. The molecule has 9 nitrogen and oxygen atoms in total. The van der Waals surface area contributed by atoms with E-state index in [2.05, 4.69) is 30.4 Å². The highest BCUT2D eigenvalue weighted by molar-refractivity contribution is 7.92. The molecule has 32 heavy (non-hydrogen) atoms. The lowest BCUT2D eigenvalue weighted by Crippen LogP contribution is -2.13. The maximum absolute atomic E-state index is 12.7. The Balaban J connectivity index is 1.45. The monoisotopic (exact) mass is 449 g/mol. The Morgan fingerprint density at radius 1 is 0.938 bits per heavy atom. The van der Waals surface area contributed by atoms with Gasteiger partial charge >= 0.3 is 0 Å². The highest BCUT2D eigenvalue weighted by atomic mass is 32.2. The zero-order valence-corrected chi connectivity index (χ0v) is 18.5. The van der Waals surface area contributed by atoms with Crippen molar-refractivity contribution < 1.29 is 8.42 Å². The van der Waals surface area contributed by atoms with Crippen molar-refractivity contribution in [2.45, 2.75) is 18.7 Å². The maximum atomic E-state index is 12.7. The minimum atomic E-state index is -3.72. The Kier molecular flexibility index (Phi) is 6.04. The Hall–Kier alpha value is -3.92. The summed E-state index contributed by atoms with van der Waals surface area (Å²) < 4.78 is 29.7. The van der Waals surface area contributed by atoms with Gasteiger partial charge in [0.05, 0.1) is 10.6 Å². The van der Waals surface area contributed by atoms with Gasteiger partial charge in [-0.15, -0.1) is 0 Å². The Morgan fingerprint density at radius 3 is 2.28 bits per heavy atom. The minimum Gasteiger partial charge on any atom is -0.370 e. The average Bonchev–Trinajstić information content (AvgIpc) is 3.30. The first-order chi connectivity index (χ1) is 15.4. The summed E-state index contributed by atoms with van der Waals surface area (Å²) in [6.45, 7) is 4.58. The molecular weight excluding hydrogens is 426 g/mol. The third-order valence-corrected chi connectivity index (χ3v) is 5.92. The molecule has 0 aliphatic carbocycles. The van der Waals surface area contributed by atoms with E-state index in [1.807, 2.05) is 19.9 Å². The molecule has 3 N–H and O–H groups in total. The van der Waals surface area contributed by atoms with Crippen LogP contribution in [0.3, 0.4) is 0 Å². The van der Waals surface area contributed by atoms with E-state index in [4.69, 9.17) is 0 Å². The van der Waals surface area contributed by atoms with E-state index in [0.29, 0.717) is 17.3 Å². The molecule has 2 heterocycles. The Bertz CT molecular complexity index is 1290. The SMILES string of the molecule is CCNc1cc(Nc2ccc(NS(=O)(=O)c3ccc(-n4cccn4)cc3)cc2)nc(C)n1. The zero-order valence-electron chi connectivity index (χ0n) is 17.6. The van der Waals surface area contributed by atoms with Crippen molar-refractivity contribution in [1.82, 2.24) is 19.7 Å². The number of aromatic nitrogens is 4. The van der Waals surface area contributed by atoms with E-state index in [1.165, 1.54) is 0 Å². The second-order valence-corrected chi connectivity index (χ2v) is 8.65. The van der Waals surface area contributed by atoms with E-state index < -0.39 is 10.0 Å². The van der Waals surface area contributed by atoms with Gasteiger partial charge in [0.15, 0.2) is 0 Å². The molecule has 0 saturated heterocycles. The van der Waals surface area contributed by atoms with Crippen LogP contribution in [-0.2, 0) is 10.0 Å². The molecule has 4 aromatic rings. The molecule has 0 amide bonds. The molecular formula is C22H23N7O2S. The van der Waals surface area contributed by atoms with Crippen LogP contribution in [0.2, 0.25) is 0 Å². The van der Waals surface area contributed by atoms with Crippen molar-refractivity contribution in [2.24, 2.45) is 0 Å². The van der Waals surface area contributed by atoms with Crippen LogP contribution in [0.5, 0.6) is 0 Å². The molecule has 0 aliphatic heterocycles. The Labute approximate surface area is 186 Å². The second-order valence-electron chi connectivity index (χ2n) is 6.97. The lowest BCUT2D eigenvalue weighted by Gasteiger charge is -2.11. The van der Waals surface area contributed by atoms with Gasteiger partial charge < -0.3 is 10.6 Å². The van der Waals surface area contributed by atoms with Gasteiger partial charge in [-0.05, 0) is 68.4 Å². The van der Waals surface area contributed by atoms with Gasteiger partial charge in [0.25, 0.3) is 10.0 Å².